The summed E-state index contributed by atoms with van der Waals surface area (Å²) >= 11 is 0. The Hall–Kier alpha value is -1.13. The predicted molar refractivity (Wildman–Crippen MR) is 73.7 cm³/mol. The van der Waals surface area contributed by atoms with E-state index in [-0.39, 0.29) is 0 Å². The van der Waals surface area contributed by atoms with Crippen LogP contribution in [0.4, 0.5) is 5.82 Å². The molecular weight excluding hydrogens is 226 g/mol. The minimum absolute atomic E-state index is 0.458. The fourth-order valence-electron chi connectivity index (χ4n) is 2.29. The molecule has 1 atom stereocenters. The Morgan fingerprint density at radius 1 is 1.56 bits per heavy atom. The van der Waals surface area contributed by atoms with Crippen LogP contribution in [-0.2, 0) is 6.54 Å². The first-order valence-electron chi connectivity index (χ1n) is 6.62. The highest BCUT2D eigenvalue weighted by Crippen LogP contribution is 2.27. The monoisotopic (exact) mass is 249 g/mol. The van der Waals surface area contributed by atoms with Gasteiger partial charge in [0.25, 0.3) is 0 Å². The van der Waals surface area contributed by atoms with Gasteiger partial charge in [0, 0.05) is 37.4 Å². The Kier molecular flexibility index (Phi) is 3.88. The van der Waals surface area contributed by atoms with Crippen LogP contribution in [0.3, 0.4) is 0 Å². The molecular formula is C14H23N3O. The van der Waals surface area contributed by atoms with Crippen LogP contribution >= 0.6 is 0 Å². The molecule has 0 amide bonds. The lowest BCUT2D eigenvalue weighted by molar-refractivity contribution is 0.0839. The highest BCUT2D eigenvalue weighted by atomic mass is 16.3. The molecule has 100 valence electrons. The molecule has 18 heavy (non-hydrogen) atoms. The Morgan fingerprint density at radius 3 is 2.94 bits per heavy atom. The van der Waals surface area contributed by atoms with Crippen LogP contribution in [0, 0.1) is 0 Å². The smallest absolute Gasteiger partial charge is 0.133 e. The molecule has 0 aliphatic carbocycles. The van der Waals surface area contributed by atoms with E-state index in [9.17, 15) is 5.11 Å². The van der Waals surface area contributed by atoms with Gasteiger partial charge >= 0.3 is 0 Å². The highest BCUT2D eigenvalue weighted by Gasteiger charge is 2.32. The van der Waals surface area contributed by atoms with E-state index in [1.807, 2.05) is 19.2 Å². The lowest BCUT2D eigenvalue weighted by Crippen LogP contribution is -2.31. The van der Waals surface area contributed by atoms with E-state index in [0.29, 0.717) is 12.6 Å². The molecule has 1 fully saturated rings. The Labute approximate surface area is 109 Å². The summed E-state index contributed by atoms with van der Waals surface area (Å²) in [6.45, 7) is 8.52. The van der Waals surface area contributed by atoms with Crippen LogP contribution < -0.4 is 10.2 Å². The molecule has 0 bridgehead atoms. The summed E-state index contributed by atoms with van der Waals surface area (Å²) in [7, 11) is 0. The molecule has 0 spiro atoms. The van der Waals surface area contributed by atoms with Crippen LogP contribution in [0.15, 0.2) is 18.3 Å². The van der Waals surface area contributed by atoms with Gasteiger partial charge in [-0.3, -0.25) is 0 Å². The third kappa shape index (κ3) is 3.21. The van der Waals surface area contributed by atoms with Crippen molar-refractivity contribution in [2.45, 2.75) is 45.4 Å². The average molecular weight is 249 g/mol. The molecule has 2 heterocycles. The number of aromatic nitrogens is 1. The van der Waals surface area contributed by atoms with Gasteiger partial charge in [0.05, 0.1) is 5.60 Å². The van der Waals surface area contributed by atoms with Gasteiger partial charge in [0.2, 0.25) is 0 Å². The summed E-state index contributed by atoms with van der Waals surface area (Å²) in [4.78, 5) is 6.66. The molecule has 4 nitrogen and oxygen atoms in total. The Bertz CT molecular complexity index is 404. The summed E-state index contributed by atoms with van der Waals surface area (Å²) in [5.74, 6) is 1.00. The van der Waals surface area contributed by atoms with Crippen molar-refractivity contribution in [2.75, 3.05) is 18.0 Å². The van der Waals surface area contributed by atoms with Crippen molar-refractivity contribution < 1.29 is 5.11 Å². The van der Waals surface area contributed by atoms with Crippen molar-refractivity contribution >= 4 is 5.82 Å². The van der Waals surface area contributed by atoms with Crippen molar-refractivity contribution in [3.8, 4) is 0 Å². The molecule has 1 aliphatic rings. The van der Waals surface area contributed by atoms with E-state index >= 15 is 0 Å². The van der Waals surface area contributed by atoms with E-state index in [1.54, 1.807) is 0 Å². The van der Waals surface area contributed by atoms with Crippen molar-refractivity contribution in [3.05, 3.63) is 23.9 Å². The van der Waals surface area contributed by atoms with Crippen LogP contribution in [0.5, 0.6) is 0 Å². The maximum Gasteiger partial charge on any atom is 0.133 e. The molecule has 2 rings (SSSR count). The maximum absolute atomic E-state index is 10.1. The molecule has 1 aromatic heterocycles. The largest absolute Gasteiger partial charge is 0.388 e. The van der Waals surface area contributed by atoms with Crippen LogP contribution in [-0.4, -0.2) is 34.8 Å². The zero-order chi connectivity index (χ0) is 13.2. The number of nitrogens with zero attached hydrogens (tertiary/aromatic N) is 2. The second kappa shape index (κ2) is 5.24. The normalized spacial score (nSPS) is 23.9. The molecule has 2 N–H and O–H groups in total. The topological polar surface area (TPSA) is 48.4 Å². The molecule has 4 heteroatoms. The zero-order valence-corrected chi connectivity index (χ0v) is 11.5. The number of hydrogen-bond acceptors (Lipinski definition) is 4. The molecule has 0 radical (unpaired) electrons. The summed E-state index contributed by atoms with van der Waals surface area (Å²) in [5, 5.41) is 13.5. The van der Waals surface area contributed by atoms with Crippen molar-refractivity contribution in [1.82, 2.24) is 10.3 Å². The second-order valence-electron chi connectivity index (χ2n) is 5.69. The Balaban J connectivity index is 2.12. The highest BCUT2D eigenvalue weighted by molar-refractivity contribution is 5.48. The van der Waals surface area contributed by atoms with E-state index in [4.69, 9.17) is 0 Å². The molecule has 1 aliphatic heterocycles. The van der Waals surface area contributed by atoms with Gasteiger partial charge < -0.3 is 15.3 Å². The SMILES string of the molecule is CC(C)NCc1cccnc1N1CCC(C)(O)C1. The van der Waals surface area contributed by atoms with Gasteiger partial charge in [0.15, 0.2) is 0 Å². The van der Waals surface area contributed by atoms with Gasteiger partial charge in [-0.05, 0) is 19.4 Å². The second-order valence-corrected chi connectivity index (χ2v) is 5.69. The first-order chi connectivity index (χ1) is 8.48. The number of aliphatic hydroxyl groups is 1. The van der Waals surface area contributed by atoms with Crippen LogP contribution in [0.25, 0.3) is 0 Å². The molecule has 0 saturated carbocycles. The lowest BCUT2D eigenvalue weighted by Gasteiger charge is -2.22. The van der Waals surface area contributed by atoms with Gasteiger partial charge in [0.1, 0.15) is 5.82 Å². The Morgan fingerprint density at radius 2 is 2.33 bits per heavy atom. The van der Waals surface area contributed by atoms with Gasteiger partial charge in [-0.1, -0.05) is 19.9 Å². The third-order valence-electron chi connectivity index (χ3n) is 3.32. The van der Waals surface area contributed by atoms with Crippen LogP contribution in [0.1, 0.15) is 32.8 Å². The molecule has 1 aromatic rings. The van der Waals surface area contributed by atoms with E-state index in [0.717, 1.165) is 25.3 Å². The van der Waals surface area contributed by atoms with Gasteiger partial charge in [-0.15, -0.1) is 0 Å². The van der Waals surface area contributed by atoms with E-state index < -0.39 is 5.60 Å². The first kappa shape index (κ1) is 13.3. The minimum atomic E-state index is -0.583. The molecule has 0 aromatic carbocycles. The van der Waals surface area contributed by atoms with Gasteiger partial charge in [-0.2, -0.15) is 0 Å². The molecule has 1 saturated heterocycles. The summed E-state index contributed by atoms with van der Waals surface area (Å²) < 4.78 is 0. The summed E-state index contributed by atoms with van der Waals surface area (Å²) in [6.07, 6.45) is 2.63. The number of rotatable bonds is 4. The predicted octanol–water partition coefficient (Wildman–Crippen LogP) is 1.54. The number of hydrogen-bond donors (Lipinski definition) is 2. The minimum Gasteiger partial charge on any atom is -0.388 e. The fourth-order valence-corrected chi connectivity index (χ4v) is 2.29. The molecule has 1 unspecified atom stereocenters. The lowest BCUT2D eigenvalue weighted by atomic mass is 10.1. The first-order valence-corrected chi connectivity index (χ1v) is 6.62. The van der Waals surface area contributed by atoms with Crippen molar-refractivity contribution in [1.29, 1.82) is 0 Å². The van der Waals surface area contributed by atoms with E-state index in [1.165, 1.54) is 5.56 Å². The number of nitrogens with one attached hydrogen (secondary N) is 1. The van der Waals surface area contributed by atoms with Crippen molar-refractivity contribution in [3.63, 3.8) is 0 Å². The van der Waals surface area contributed by atoms with Crippen molar-refractivity contribution in [2.24, 2.45) is 0 Å². The van der Waals surface area contributed by atoms with Crippen LogP contribution in [0.2, 0.25) is 0 Å². The fraction of sp³-hybridized carbons (Fsp3) is 0.643. The number of anilines is 1. The maximum atomic E-state index is 10.1. The number of pyridine rings is 1. The van der Waals surface area contributed by atoms with Gasteiger partial charge in [-0.25, -0.2) is 4.98 Å². The summed E-state index contributed by atoms with van der Waals surface area (Å²) in [5.41, 5.74) is 0.615. The average Bonchev–Trinajstić information content (AvgIpc) is 2.67. The third-order valence-corrected chi connectivity index (χ3v) is 3.32. The van der Waals surface area contributed by atoms with E-state index in [2.05, 4.69) is 35.1 Å². The number of β-amino-alcohol motifs (C(OH)–C–C–N with tert-alkyl or cyclic N) is 1. The standard InChI is InChI=1S/C14H23N3O/c1-11(2)16-9-12-5-4-7-15-13(12)17-8-6-14(3,18)10-17/h4-5,7,11,16,18H,6,8-10H2,1-3H3. The summed E-state index contributed by atoms with van der Waals surface area (Å²) in [6, 6.07) is 4.53. The zero-order valence-electron chi connectivity index (χ0n) is 11.5. The quantitative estimate of drug-likeness (QED) is 0.850.